The van der Waals surface area contributed by atoms with Gasteiger partial charge >= 0.3 is 0 Å². The summed E-state index contributed by atoms with van der Waals surface area (Å²) < 4.78 is 27.2. The molecule has 1 aromatic rings. The number of nitrogens with one attached hydrogen (secondary N) is 1. The van der Waals surface area contributed by atoms with Crippen molar-refractivity contribution < 1.29 is 8.42 Å². The highest BCUT2D eigenvalue weighted by molar-refractivity contribution is 7.89. The summed E-state index contributed by atoms with van der Waals surface area (Å²) in [6, 6.07) is 1.64. The zero-order valence-corrected chi connectivity index (χ0v) is 12.0. The molecule has 1 aliphatic rings. The molecule has 0 amide bonds. The molecule has 0 saturated carbocycles. The first-order valence-electron chi connectivity index (χ1n) is 6.46. The molecule has 2 rings (SSSR count). The van der Waals surface area contributed by atoms with Crippen LogP contribution >= 0.6 is 0 Å². The van der Waals surface area contributed by atoms with Gasteiger partial charge in [0.25, 0.3) is 0 Å². The largest absolute Gasteiger partial charge is 0.323 e. The molecule has 0 bridgehead atoms. The molecular weight excluding hydrogens is 264 g/mol. The van der Waals surface area contributed by atoms with Gasteiger partial charge in [0, 0.05) is 24.5 Å². The molecule has 2 atom stereocenters. The van der Waals surface area contributed by atoms with E-state index in [2.05, 4.69) is 10.4 Å². The van der Waals surface area contributed by atoms with Crippen molar-refractivity contribution >= 4 is 15.7 Å². The van der Waals surface area contributed by atoms with Gasteiger partial charge in [0.2, 0.25) is 10.0 Å². The third kappa shape index (κ3) is 2.45. The van der Waals surface area contributed by atoms with E-state index in [0.29, 0.717) is 5.69 Å². The van der Waals surface area contributed by atoms with E-state index in [9.17, 15) is 8.42 Å². The monoisotopic (exact) mass is 284 g/mol. The summed E-state index contributed by atoms with van der Waals surface area (Å²) in [4.78, 5) is 4.05. The number of hydrogen-bond donors (Lipinski definition) is 2. The Hall–Kier alpha value is -1.18. The zero-order chi connectivity index (χ0) is 14.0. The van der Waals surface area contributed by atoms with Crippen LogP contribution in [0.15, 0.2) is 23.4 Å². The maximum Gasteiger partial charge on any atom is 0.247 e. The molecule has 1 aromatic heterocycles. The normalized spacial score (nSPS) is 24.6. The van der Waals surface area contributed by atoms with Crippen molar-refractivity contribution in [3.05, 3.63) is 18.5 Å². The van der Waals surface area contributed by atoms with Crippen LogP contribution in [0.25, 0.3) is 0 Å². The summed E-state index contributed by atoms with van der Waals surface area (Å²) in [6.07, 6.45) is 5.47. The molecule has 1 aliphatic heterocycles. The van der Waals surface area contributed by atoms with Gasteiger partial charge in [-0.15, -0.1) is 0 Å². The van der Waals surface area contributed by atoms with Crippen molar-refractivity contribution in [2.24, 2.45) is 5.84 Å². The summed E-state index contributed by atoms with van der Waals surface area (Å²) in [5.41, 5.74) is 2.81. The summed E-state index contributed by atoms with van der Waals surface area (Å²) in [5.74, 6) is 5.39. The SMILES string of the molecule is CCC1CCC(C)N1S(=O)(=O)c1cnccc1NN. The number of hydrazine groups is 1. The van der Waals surface area contributed by atoms with Gasteiger partial charge in [-0.2, -0.15) is 4.31 Å². The molecule has 106 valence electrons. The molecule has 0 radical (unpaired) electrons. The summed E-state index contributed by atoms with van der Waals surface area (Å²) in [5, 5.41) is 0. The second-order valence-corrected chi connectivity index (χ2v) is 6.65. The Bertz CT molecular complexity index is 546. The minimum Gasteiger partial charge on any atom is -0.323 e. The van der Waals surface area contributed by atoms with Crippen molar-refractivity contribution in [2.75, 3.05) is 5.43 Å². The van der Waals surface area contributed by atoms with Gasteiger partial charge in [-0.25, -0.2) is 8.42 Å². The average molecular weight is 284 g/mol. The third-order valence-electron chi connectivity index (χ3n) is 3.68. The van der Waals surface area contributed by atoms with Crippen LogP contribution in [-0.4, -0.2) is 29.8 Å². The van der Waals surface area contributed by atoms with Gasteiger partial charge < -0.3 is 5.43 Å². The minimum atomic E-state index is -3.56. The van der Waals surface area contributed by atoms with Crippen molar-refractivity contribution in [3.8, 4) is 0 Å². The number of nitrogens with two attached hydrogens (primary N) is 1. The lowest BCUT2D eigenvalue weighted by Crippen LogP contribution is -2.40. The van der Waals surface area contributed by atoms with Crippen molar-refractivity contribution in [3.63, 3.8) is 0 Å². The van der Waals surface area contributed by atoms with E-state index in [-0.39, 0.29) is 17.0 Å². The highest BCUT2D eigenvalue weighted by Gasteiger charge is 2.40. The number of anilines is 1. The fourth-order valence-electron chi connectivity index (χ4n) is 2.68. The fourth-order valence-corrected chi connectivity index (χ4v) is 4.74. The van der Waals surface area contributed by atoms with E-state index in [1.54, 1.807) is 10.4 Å². The smallest absolute Gasteiger partial charge is 0.247 e. The van der Waals surface area contributed by atoms with E-state index < -0.39 is 10.0 Å². The second kappa shape index (κ2) is 5.44. The number of nitrogens with zero attached hydrogens (tertiary/aromatic N) is 2. The van der Waals surface area contributed by atoms with E-state index in [1.165, 1.54) is 12.4 Å². The zero-order valence-electron chi connectivity index (χ0n) is 11.2. The van der Waals surface area contributed by atoms with Gasteiger partial charge in [0.1, 0.15) is 4.90 Å². The molecule has 2 unspecified atom stereocenters. The number of aromatic nitrogens is 1. The maximum absolute atomic E-state index is 12.8. The molecule has 0 spiro atoms. The van der Waals surface area contributed by atoms with E-state index >= 15 is 0 Å². The first kappa shape index (κ1) is 14.2. The number of pyridine rings is 1. The molecule has 2 heterocycles. The Morgan fingerprint density at radius 3 is 2.89 bits per heavy atom. The van der Waals surface area contributed by atoms with E-state index in [1.807, 2.05) is 13.8 Å². The standard InChI is InChI=1S/C12H20N4O2S/c1-3-10-5-4-9(2)16(10)19(17,18)12-8-14-7-6-11(12)15-13/h6-10H,3-5,13H2,1-2H3,(H,14,15). The fraction of sp³-hybridized carbons (Fsp3) is 0.583. The molecule has 1 fully saturated rings. The number of nitrogen functional groups attached to an aromatic ring is 1. The molecule has 0 aromatic carbocycles. The molecule has 19 heavy (non-hydrogen) atoms. The Balaban J connectivity index is 2.47. The van der Waals surface area contributed by atoms with E-state index in [4.69, 9.17) is 5.84 Å². The molecule has 0 aliphatic carbocycles. The lowest BCUT2D eigenvalue weighted by atomic mass is 10.2. The Kier molecular flexibility index (Phi) is 4.07. The Labute approximate surface area is 114 Å². The predicted octanol–water partition coefficient (Wildman–Crippen LogP) is 1.32. The highest BCUT2D eigenvalue weighted by atomic mass is 32.2. The number of rotatable bonds is 4. The maximum atomic E-state index is 12.8. The van der Waals surface area contributed by atoms with Crippen LogP contribution in [0.2, 0.25) is 0 Å². The van der Waals surface area contributed by atoms with E-state index in [0.717, 1.165) is 19.3 Å². The number of sulfonamides is 1. The molecule has 1 saturated heterocycles. The van der Waals surface area contributed by atoms with Gasteiger partial charge in [-0.05, 0) is 32.3 Å². The lowest BCUT2D eigenvalue weighted by Gasteiger charge is -2.27. The van der Waals surface area contributed by atoms with Gasteiger partial charge in [-0.3, -0.25) is 10.8 Å². The minimum absolute atomic E-state index is 0.0146. The first-order chi connectivity index (χ1) is 9.02. The topological polar surface area (TPSA) is 88.3 Å². The summed E-state index contributed by atoms with van der Waals surface area (Å²) >= 11 is 0. The van der Waals surface area contributed by atoms with Crippen LogP contribution in [0.1, 0.15) is 33.1 Å². The molecular formula is C12H20N4O2S. The van der Waals surface area contributed by atoms with Gasteiger partial charge in [0.05, 0.1) is 5.69 Å². The highest BCUT2D eigenvalue weighted by Crippen LogP contribution is 2.34. The second-order valence-electron chi connectivity index (χ2n) is 4.84. The van der Waals surface area contributed by atoms with Crippen molar-refractivity contribution in [1.29, 1.82) is 0 Å². The van der Waals surface area contributed by atoms with Crippen molar-refractivity contribution in [2.45, 2.75) is 50.1 Å². The van der Waals surface area contributed by atoms with Crippen LogP contribution in [0, 0.1) is 0 Å². The van der Waals surface area contributed by atoms with Crippen molar-refractivity contribution in [1.82, 2.24) is 9.29 Å². The lowest BCUT2D eigenvalue weighted by molar-refractivity contribution is 0.329. The quantitative estimate of drug-likeness (QED) is 0.643. The summed E-state index contributed by atoms with van der Waals surface area (Å²) in [6.45, 7) is 3.95. The average Bonchev–Trinajstić information content (AvgIpc) is 2.80. The molecule has 3 N–H and O–H groups in total. The van der Waals surface area contributed by atoms with Gasteiger partial charge in [0.15, 0.2) is 0 Å². The molecule has 6 nitrogen and oxygen atoms in total. The van der Waals surface area contributed by atoms with Crippen LogP contribution in [0.5, 0.6) is 0 Å². The van der Waals surface area contributed by atoms with Crippen LogP contribution in [-0.2, 0) is 10.0 Å². The van der Waals surface area contributed by atoms with Gasteiger partial charge in [-0.1, -0.05) is 6.92 Å². The van der Waals surface area contributed by atoms with Crippen LogP contribution in [0.3, 0.4) is 0 Å². The first-order valence-corrected chi connectivity index (χ1v) is 7.90. The number of hydrogen-bond acceptors (Lipinski definition) is 5. The summed E-state index contributed by atoms with van der Waals surface area (Å²) in [7, 11) is -3.56. The third-order valence-corrected chi connectivity index (χ3v) is 5.77. The van der Waals surface area contributed by atoms with Crippen LogP contribution in [0.4, 0.5) is 5.69 Å². The Morgan fingerprint density at radius 2 is 2.26 bits per heavy atom. The predicted molar refractivity (Wildman–Crippen MR) is 73.8 cm³/mol. The van der Waals surface area contributed by atoms with Crippen LogP contribution < -0.4 is 11.3 Å². The Morgan fingerprint density at radius 1 is 1.53 bits per heavy atom. The molecule has 7 heteroatoms.